The molecule has 2 aliphatic heterocycles. The molecule has 0 aromatic heterocycles. The molecule has 2 heterocycles. The van der Waals surface area contributed by atoms with Crippen LogP contribution in [0.25, 0.3) is 0 Å². The summed E-state index contributed by atoms with van der Waals surface area (Å²) in [6, 6.07) is 7.43. The van der Waals surface area contributed by atoms with Crippen LogP contribution in [-0.4, -0.2) is 18.8 Å². The zero-order valence-electron chi connectivity index (χ0n) is 13.0. The summed E-state index contributed by atoms with van der Waals surface area (Å²) in [5.74, 6) is 0.654. The molecule has 2 fully saturated rings. The zero-order chi connectivity index (χ0) is 14.1. The van der Waals surface area contributed by atoms with Crippen LogP contribution in [0.2, 0.25) is 0 Å². The maximum absolute atomic E-state index is 6.09. The number of ether oxygens (including phenoxy) is 1. The first-order valence-corrected chi connectivity index (χ1v) is 8.14. The van der Waals surface area contributed by atoms with Gasteiger partial charge in [-0.2, -0.15) is 0 Å². The molecular formula is C18H27NO. The van der Waals surface area contributed by atoms with Crippen LogP contribution in [-0.2, 0) is 4.74 Å². The van der Waals surface area contributed by atoms with E-state index in [0.717, 1.165) is 6.54 Å². The van der Waals surface area contributed by atoms with Gasteiger partial charge in [-0.15, -0.1) is 0 Å². The van der Waals surface area contributed by atoms with Gasteiger partial charge in [0.1, 0.15) is 0 Å². The van der Waals surface area contributed by atoms with Crippen molar-refractivity contribution in [3.05, 3.63) is 34.9 Å². The van der Waals surface area contributed by atoms with Crippen molar-refractivity contribution in [3.63, 3.8) is 0 Å². The van der Waals surface area contributed by atoms with Crippen molar-refractivity contribution in [2.45, 2.75) is 64.7 Å². The van der Waals surface area contributed by atoms with Crippen molar-refractivity contribution in [1.29, 1.82) is 0 Å². The second-order valence-electron chi connectivity index (χ2n) is 6.63. The van der Waals surface area contributed by atoms with Crippen LogP contribution in [0.4, 0.5) is 0 Å². The molecule has 4 atom stereocenters. The Morgan fingerprint density at radius 1 is 1.20 bits per heavy atom. The van der Waals surface area contributed by atoms with Gasteiger partial charge >= 0.3 is 0 Å². The van der Waals surface area contributed by atoms with E-state index in [1.54, 1.807) is 0 Å². The highest BCUT2D eigenvalue weighted by molar-refractivity contribution is 5.31. The lowest BCUT2D eigenvalue weighted by molar-refractivity contribution is 0.0856. The molecule has 2 saturated heterocycles. The summed E-state index contributed by atoms with van der Waals surface area (Å²) in [7, 11) is 0. The Labute approximate surface area is 122 Å². The standard InChI is InChI=1S/C18H27NO/c1-4-7-19-18(14-9-12(2)8-13(3)10-14)16-11-15-5-6-17(16)20-15/h8-10,15-19H,4-7,11H2,1-3H3. The summed E-state index contributed by atoms with van der Waals surface area (Å²) in [6.07, 6.45) is 5.96. The van der Waals surface area contributed by atoms with E-state index in [0.29, 0.717) is 24.2 Å². The summed E-state index contributed by atoms with van der Waals surface area (Å²) in [6.45, 7) is 7.73. The van der Waals surface area contributed by atoms with Crippen molar-refractivity contribution < 1.29 is 4.74 Å². The third kappa shape index (κ3) is 2.77. The maximum Gasteiger partial charge on any atom is 0.0627 e. The number of nitrogens with one attached hydrogen (secondary N) is 1. The lowest BCUT2D eigenvalue weighted by Crippen LogP contribution is -2.34. The molecule has 1 aromatic carbocycles. The fraction of sp³-hybridized carbons (Fsp3) is 0.667. The summed E-state index contributed by atoms with van der Waals surface area (Å²) < 4.78 is 6.09. The highest BCUT2D eigenvalue weighted by Gasteiger charge is 2.44. The van der Waals surface area contributed by atoms with E-state index in [9.17, 15) is 0 Å². The highest BCUT2D eigenvalue weighted by Crippen LogP contribution is 2.44. The van der Waals surface area contributed by atoms with Gasteiger partial charge in [-0.1, -0.05) is 36.2 Å². The molecule has 0 radical (unpaired) electrons. The van der Waals surface area contributed by atoms with Gasteiger partial charge in [-0.3, -0.25) is 0 Å². The topological polar surface area (TPSA) is 21.3 Å². The molecule has 0 aliphatic carbocycles. The molecule has 2 nitrogen and oxygen atoms in total. The predicted octanol–water partition coefficient (Wildman–Crippen LogP) is 3.91. The lowest BCUT2D eigenvalue weighted by atomic mass is 9.80. The molecule has 0 amide bonds. The Morgan fingerprint density at radius 3 is 2.50 bits per heavy atom. The van der Waals surface area contributed by atoms with Crippen LogP contribution in [0, 0.1) is 19.8 Å². The molecule has 20 heavy (non-hydrogen) atoms. The largest absolute Gasteiger partial charge is 0.375 e. The summed E-state index contributed by atoms with van der Waals surface area (Å²) in [5.41, 5.74) is 4.19. The number of hydrogen-bond acceptors (Lipinski definition) is 2. The van der Waals surface area contributed by atoms with E-state index < -0.39 is 0 Å². The average Bonchev–Trinajstić information content (AvgIpc) is 3.00. The first-order chi connectivity index (χ1) is 9.67. The Kier molecular flexibility index (Phi) is 4.13. The molecule has 2 aliphatic rings. The monoisotopic (exact) mass is 273 g/mol. The van der Waals surface area contributed by atoms with E-state index in [1.165, 1.54) is 42.4 Å². The van der Waals surface area contributed by atoms with E-state index in [2.05, 4.69) is 44.3 Å². The van der Waals surface area contributed by atoms with Crippen molar-refractivity contribution in [2.24, 2.45) is 5.92 Å². The minimum absolute atomic E-state index is 0.462. The van der Waals surface area contributed by atoms with Crippen LogP contribution in [0.15, 0.2) is 18.2 Å². The predicted molar refractivity (Wildman–Crippen MR) is 83.0 cm³/mol. The normalized spacial score (nSPS) is 29.9. The first kappa shape index (κ1) is 14.1. The minimum atomic E-state index is 0.462. The minimum Gasteiger partial charge on any atom is -0.375 e. The molecule has 110 valence electrons. The van der Waals surface area contributed by atoms with Gasteiger partial charge in [0.05, 0.1) is 12.2 Å². The van der Waals surface area contributed by atoms with E-state index >= 15 is 0 Å². The first-order valence-electron chi connectivity index (χ1n) is 8.14. The molecular weight excluding hydrogens is 246 g/mol. The quantitative estimate of drug-likeness (QED) is 0.878. The van der Waals surface area contributed by atoms with Gasteiger partial charge in [0, 0.05) is 12.0 Å². The third-order valence-corrected chi connectivity index (χ3v) is 4.80. The molecule has 2 heteroatoms. The van der Waals surface area contributed by atoms with Gasteiger partial charge in [-0.05, 0) is 51.6 Å². The number of benzene rings is 1. The Morgan fingerprint density at radius 2 is 1.95 bits per heavy atom. The SMILES string of the molecule is CCCNC(c1cc(C)cc(C)c1)C1CC2CCC1O2. The fourth-order valence-corrected chi connectivity index (χ4v) is 4.03. The van der Waals surface area contributed by atoms with Crippen molar-refractivity contribution in [3.8, 4) is 0 Å². The van der Waals surface area contributed by atoms with E-state index in [1.807, 2.05) is 0 Å². The molecule has 1 aromatic rings. The fourth-order valence-electron chi connectivity index (χ4n) is 4.03. The highest BCUT2D eigenvalue weighted by atomic mass is 16.5. The second-order valence-corrected chi connectivity index (χ2v) is 6.63. The van der Waals surface area contributed by atoms with Gasteiger partial charge in [0.2, 0.25) is 0 Å². The Balaban J connectivity index is 1.85. The number of aryl methyl sites for hydroxylation is 2. The summed E-state index contributed by atoms with van der Waals surface area (Å²) in [4.78, 5) is 0. The van der Waals surface area contributed by atoms with Gasteiger partial charge in [0.15, 0.2) is 0 Å². The van der Waals surface area contributed by atoms with Crippen LogP contribution in [0.1, 0.15) is 55.3 Å². The van der Waals surface area contributed by atoms with Crippen molar-refractivity contribution >= 4 is 0 Å². The second kappa shape index (κ2) is 5.87. The Bertz CT molecular complexity index is 450. The molecule has 4 unspecified atom stereocenters. The molecule has 3 rings (SSSR count). The Hall–Kier alpha value is -0.860. The third-order valence-electron chi connectivity index (χ3n) is 4.80. The van der Waals surface area contributed by atoms with Crippen LogP contribution >= 0.6 is 0 Å². The van der Waals surface area contributed by atoms with Gasteiger partial charge < -0.3 is 10.1 Å². The number of hydrogen-bond donors (Lipinski definition) is 1. The van der Waals surface area contributed by atoms with Crippen LogP contribution < -0.4 is 5.32 Å². The van der Waals surface area contributed by atoms with Crippen LogP contribution in [0.5, 0.6) is 0 Å². The summed E-state index contributed by atoms with van der Waals surface area (Å²) >= 11 is 0. The molecule has 0 saturated carbocycles. The van der Waals surface area contributed by atoms with E-state index in [-0.39, 0.29) is 0 Å². The average molecular weight is 273 g/mol. The molecule has 0 spiro atoms. The van der Waals surface area contributed by atoms with Crippen molar-refractivity contribution in [1.82, 2.24) is 5.32 Å². The summed E-state index contributed by atoms with van der Waals surface area (Å²) in [5, 5.41) is 3.79. The van der Waals surface area contributed by atoms with Gasteiger partial charge in [0.25, 0.3) is 0 Å². The van der Waals surface area contributed by atoms with Crippen molar-refractivity contribution in [2.75, 3.05) is 6.54 Å². The van der Waals surface area contributed by atoms with E-state index in [4.69, 9.17) is 4.74 Å². The number of fused-ring (bicyclic) bond motifs is 2. The zero-order valence-corrected chi connectivity index (χ0v) is 13.0. The molecule has 2 bridgehead atoms. The maximum atomic E-state index is 6.09. The number of rotatable bonds is 5. The molecule has 1 N–H and O–H groups in total. The lowest BCUT2D eigenvalue weighted by Gasteiger charge is -2.30. The van der Waals surface area contributed by atoms with Gasteiger partial charge in [-0.25, -0.2) is 0 Å². The smallest absolute Gasteiger partial charge is 0.0627 e. The van der Waals surface area contributed by atoms with Crippen LogP contribution in [0.3, 0.4) is 0 Å².